The fourth-order valence-corrected chi connectivity index (χ4v) is 5.04. The highest BCUT2D eigenvalue weighted by Crippen LogP contribution is 2.22. The smallest absolute Gasteiger partial charge is 0.291 e. The summed E-state index contributed by atoms with van der Waals surface area (Å²) in [6, 6.07) is 16.9. The first-order chi connectivity index (χ1) is 17.0. The number of aromatic nitrogens is 3. The standard InChI is InChI=1S/C27H32N6O2/c1-19-7-5-8-21(15-19)32-14-13-31(17-20(32)2)12-6-11-28-25(34)18-33-27(35)26-23(16-29-33)22-9-3-4-10-24(22)30-26/h3-5,7-10,15-16,20,30H,6,11-14,17-18H2,1-2H3,(H,28,34)/t20-/m1/s1. The lowest BCUT2D eigenvalue weighted by molar-refractivity contribution is -0.121. The van der Waals surface area contributed by atoms with Crippen molar-refractivity contribution < 1.29 is 4.79 Å². The van der Waals surface area contributed by atoms with E-state index in [1.807, 2.05) is 24.3 Å². The average molecular weight is 473 g/mol. The van der Waals surface area contributed by atoms with E-state index in [9.17, 15) is 9.59 Å². The van der Waals surface area contributed by atoms with E-state index in [2.05, 4.69) is 63.3 Å². The van der Waals surface area contributed by atoms with Gasteiger partial charge in [-0.1, -0.05) is 30.3 Å². The van der Waals surface area contributed by atoms with Crippen molar-refractivity contribution in [1.29, 1.82) is 0 Å². The second-order valence-corrected chi connectivity index (χ2v) is 9.45. The summed E-state index contributed by atoms with van der Waals surface area (Å²) in [5.41, 5.74) is 3.66. The minimum absolute atomic E-state index is 0.0870. The molecular weight excluding hydrogens is 440 g/mol. The Morgan fingerprint density at radius 3 is 2.83 bits per heavy atom. The van der Waals surface area contributed by atoms with Crippen LogP contribution in [0.2, 0.25) is 0 Å². The van der Waals surface area contributed by atoms with Crippen LogP contribution in [0.25, 0.3) is 21.8 Å². The molecular formula is C27H32N6O2. The third kappa shape index (κ3) is 4.93. The van der Waals surface area contributed by atoms with E-state index in [0.29, 0.717) is 18.1 Å². The number of anilines is 1. The van der Waals surface area contributed by atoms with Gasteiger partial charge in [0.1, 0.15) is 12.1 Å². The number of benzene rings is 2. The number of H-pyrrole nitrogens is 1. The number of carbonyl (C=O) groups excluding carboxylic acids is 1. The third-order valence-electron chi connectivity index (χ3n) is 6.83. The SMILES string of the molecule is Cc1cccc(N2CCN(CCCNC(=O)Cn3ncc4c([nH]c5ccccc54)c3=O)C[C@H]2C)c1. The number of carbonyl (C=O) groups is 1. The van der Waals surface area contributed by atoms with Crippen LogP contribution in [-0.4, -0.2) is 64.3 Å². The Kier molecular flexibility index (Phi) is 6.55. The number of hydrogen-bond donors (Lipinski definition) is 2. The van der Waals surface area contributed by atoms with Crippen molar-refractivity contribution in [2.75, 3.05) is 37.6 Å². The number of rotatable bonds is 7. The Morgan fingerprint density at radius 2 is 2.00 bits per heavy atom. The Morgan fingerprint density at radius 1 is 1.14 bits per heavy atom. The molecule has 1 atom stereocenters. The first-order valence-electron chi connectivity index (χ1n) is 12.3. The van der Waals surface area contributed by atoms with Crippen LogP contribution in [0.1, 0.15) is 18.9 Å². The monoisotopic (exact) mass is 472 g/mol. The fourth-order valence-electron chi connectivity index (χ4n) is 5.04. The molecule has 0 spiro atoms. The maximum Gasteiger partial charge on any atom is 0.291 e. The van der Waals surface area contributed by atoms with Crippen molar-refractivity contribution in [2.24, 2.45) is 0 Å². The normalized spacial score (nSPS) is 16.7. The first kappa shape index (κ1) is 23.1. The molecule has 1 aliphatic heterocycles. The molecule has 182 valence electrons. The first-order valence-corrected chi connectivity index (χ1v) is 12.3. The molecule has 35 heavy (non-hydrogen) atoms. The molecule has 1 aliphatic rings. The summed E-state index contributed by atoms with van der Waals surface area (Å²) in [6.07, 6.45) is 2.52. The van der Waals surface area contributed by atoms with Crippen molar-refractivity contribution >= 4 is 33.4 Å². The average Bonchev–Trinajstić information content (AvgIpc) is 3.23. The molecule has 0 unspecified atom stereocenters. The minimum Gasteiger partial charge on any atom is -0.366 e. The Bertz CT molecular complexity index is 1410. The zero-order valence-corrected chi connectivity index (χ0v) is 20.3. The van der Waals surface area contributed by atoms with Gasteiger partial charge in [0.15, 0.2) is 0 Å². The van der Waals surface area contributed by atoms with E-state index in [1.165, 1.54) is 15.9 Å². The van der Waals surface area contributed by atoms with Gasteiger partial charge in [0.05, 0.1) is 6.20 Å². The summed E-state index contributed by atoms with van der Waals surface area (Å²) >= 11 is 0. The van der Waals surface area contributed by atoms with Gasteiger partial charge in [-0.05, 0) is 50.6 Å². The van der Waals surface area contributed by atoms with Gasteiger partial charge in [-0.15, -0.1) is 0 Å². The Hall–Kier alpha value is -3.65. The largest absolute Gasteiger partial charge is 0.366 e. The molecule has 2 aromatic carbocycles. The van der Waals surface area contributed by atoms with Gasteiger partial charge in [0.2, 0.25) is 5.91 Å². The molecule has 3 heterocycles. The zero-order chi connectivity index (χ0) is 24.4. The van der Waals surface area contributed by atoms with E-state index in [4.69, 9.17) is 0 Å². The number of amides is 1. The maximum atomic E-state index is 12.8. The molecule has 4 aromatic rings. The maximum absolute atomic E-state index is 12.8. The molecule has 5 rings (SSSR count). The van der Waals surface area contributed by atoms with Crippen LogP contribution in [0.3, 0.4) is 0 Å². The van der Waals surface area contributed by atoms with Crippen LogP contribution in [-0.2, 0) is 11.3 Å². The van der Waals surface area contributed by atoms with Gasteiger partial charge < -0.3 is 15.2 Å². The molecule has 0 aliphatic carbocycles. The van der Waals surface area contributed by atoms with Crippen molar-refractivity contribution in [3.63, 3.8) is 0 Å². The number of para-hydroxylation sites is 1. The molecule has 1 saturated heterocycles. The summed E-state index contributed by atoms with van der Waals surface area (Å²) in [5.74, 6) is -0.201. The molecule has 8 nitrogen and oxygen atoms in total. The lowest BCUT2D eigenvalue weighted by Crippen LogP contribution is -2.52. The Labute approximate surface area is 204 Å². The lowest BCUT2D eigenvalue weighted by Gasteiger charge is -2.41. The van der Waals surface area contributed by atoms with E-state index in [-0.39, 0.29) is 18.0 Å². The Balaban J connectivity index is 1.10. The summed E-state index contributed by atoms with van der Waals surface area (Å²) in [5, 5.41) is 8.90. The molecule has 0 saturated carbocycles. The molecule has 0 radical (unpaired) electrons. The predicted molar refractivity (Wildman–Crippen MR) is 140 cm³/mol. The molecule has 1 amide bonds. The van der Waals surface area contributed by atoms with E-state index < -0.39 is 0 Å². The van der Waals surface area contributed by atoms with E-state index >= 15 is 0 Å². The second-order valence-electron chi connectivity index (χ2n) is 9.45. The quantitative estimate of drug-likeness (QED) is 0.404. The molecule has 0 bridgehead atoms. The molecule has 1 fully saturated rings. The minimum atomic E-state index is -0.283. The highest BCUT2D eigenvalue weighted by molar-refractivity contribution is 6.06. The number of nitrogens with one attached hydrogen (secondary N) is 2. The molecule has 8 heteroatoms. The number of hydrogen-bond acceptors (Lipinski definition) is 5. The third-order valence-corrected chi connectivity index (χ3v) is 6.83. The van der Waals surface area contributed by atoms with Crippen LogP contribution in [0.4, 0.5) is 5.69 Å². The van der Waals surface area contributed by atoms with Crippen LogP contribution >= 0.6 is 0 Å². The lowest BCUT2D eigenvalue weighted by atomic mass is 10.1. The highest BCUT2D eigenvalue weighted by atomic mass is 16.2. The van der Waals surface area contributed by atoms with E-state index in [1.54, 1.807) is 6.20 Å². The summed E-state index contributed by atoms with van der Waals surface area (Å²) in [4.78, 5) is 33.4. The van der Waals surface area contributed by atoms with Gasteiger partial charge in [-0.25, -0.2) is 4.68 Å². The van der Waals surface area contributed by atoms with Crippen LogP contribution in [0.5, 0.6) is 0 Å². The van der Waals surface area contributed by atoms with Gasteiger partial charge >= 0.3 is 0 Å². The number of nitrogens with zero attached hydrogens (tertiary/aromatic N) is 4. The van der Waals surface area contributed by atoms with Crippen LogP contribution in [0, 0.1) is 6.92 Å². The van der Waals surface area contributed by atoms with Crippen molar-refractivity contribution in [2.45, 2.75) is 32.9 Å². The summed E-state index contributed by atoms with van der Waals surface area (Å²) in [6.45, 7) is 8.84. The van der Waals surface area contributed by atoms with Gasteiger partial charge in [-0.2, -0.15) is 5.10 Å². The zero-order valence-electron chi connectivity index (χ0n) is 20.3. The molecule has 2 N–H and O–H groups in total. The number of aryl methyl sites for hydroxylation is 1. The van der Waals surface area contributed by atoms with E-state index in [0.717, 1.165) is 48.9 Å². The van der Waals surface area contributed by atoms with Gasteiger partial charge in [0, 0.05) is 54.2 Å². The number of piperazine rings is 1. The second kappa shape index (κ2) is 9.92. The van der Waals surface area contributed by atoms with Crippen molar-refractivity contribution in [3.05, 3.63) is 70.6 Å². The van der Waals surface area contributed by atoms with Crippen molar-refractivity contribution in [1.82, 2.24) is 25.0 Å². The van der Waals surface area contributed by atoms with Gasteiger partial charge in [0.25, 0.3) is 5.56 Å². The van der Waals surface area contributed by atoms with Crippen molar-refractivity contribution in [3.8, 4) is 0 Å². The van der Waals surface area contributed by atoms with Crippen LogP contribution < -0.4 is 15.8 Å². The van der Waals surface area contributed by atoms with Gasteiger partial charge in [-0.3, -0.25) is 14.5 Å². The predicted octanol–water partition coefficient (Wildman–Crippen LogP) is 2.90. The number of fused-ring (bicyclic) bond motifs is 3. The molecule has 2 aromatic heterocycles. The fraction of sp³-hybridized carbons (Fsp3) is 0.370. The topological polar surface area (TPSA) is 86.3 Å². The van der Waals surface area contributed by atoms with Crippen LogP contribution in [0.15, 0.2) is 59.5 Å². The highest BCUT2D eigenvalue weighted by Gasteiger charge is 2.23. The number of aromatic amines is 1. The summed E-state index contributed by atoms with van der Waals surface area (Å²) in [7, 11) is 0. The summed E-state index contributed by atoms with van der Waals surface area (Å²) < 4.78 is 1.22.